The van der Waals surface area contributed by atoms with E-state index in [4.69, 9.17) is 10.9 Å². The summed E-state index contributed by atoms with van der Waals surface area (Å²) in [4.78, 5) is 1.48. The summed E-state index contributed by atoms with van der Waals surface area (Å²) < 4.78 is 37.4. The van der Waals surface area contributed by atoms with Crippen LogP contribution < -0.4 is 5.73 Å². The van der Waals surface area contributed by atoms with Crippen molar-refractivity contribution in [3.05, 3.63) is 0 Å². The molecule has 0 saturated carbocycles. The summed E-state index contributed by atoms with van der Waals surface area (Å²) in [6.45, 7) is 3.20. The summed E-state index contributed by atoms with van der Waals surface area (Å²) in [5.74, 6) is -2.75. The van der Waals surface area contributed by atoms with Crippen molar-refractivity contribution in [3.63, 3.8) is 0 Å². The number of halogens is 3. The minimum absolute atomic E-state index is 0.0404. The average Bonchev–Trinajstić information content (AvgIpc) is 2.10. The maximum atomic E-state index is 12.5. The number of hydrogen-bond donors (Lipinski definition) is 2. The summed E-state index contributed by atoms with van der Waals surface area (Å²) >= 11 is 0. The number of oxime groups is 1. The highest BCUT2D eigenvalue weighted by Gasteiger charge is 2.43. The van der Waals surface area contributed by atoms with Crippen molar-refractivity contribution in [2.75, 3.05) is 13.6 Å². The van der Waals surface area contributed by atoms with E-state index in [0.717, 1.165) is 0 Å². The van der Waals surface area contributed by atoms with Gasteiger partial charge in [0.2, 0.25) is 0 Å². The van der Waals surface area contributed by atoms with E-state index < -0.39 is 17.9 Å². The molecule has 15 heavy (non-hydrogen) atoms. The fraction of sp³-hybridized carbons (Fsp3) is 0.875. The fourth-order valence-corrected chi connectivity index (χ4v) is 0.933. The zero-order valence-electron chi connectivity index (χ0n) is 8.91. The number of rotatable bonds is 4. The zero-order valence-corrected chi connectivity index (χ0v) is 8.91. The first-order valence-electron chi connectivity index (χ1n) is 4.44. The molecule has 0 aliphatic heterocycles. The second-order valence-electron chi connectivity index (χ2n) is 3.65. The van der Waals surface area contributed by atoms with E-state index >= 15 is 0 Å². The van der Waals surface area contributed by atoms with Gasteiger partial charge in [0, 0.05) is 12.6 Å². The Morgan fingerprint density at radius 1 is 1.47 bits per heavy atom. The number of nitrogens with zero attached hydrogens (tertiary/aromatic N) is 2. The van der Waals surface area contributed by atoms with Gasteiger partial charge in [-0.1, -0.05) is 5.16 Å². The van der Waals surface area contributed by atoms with E-state index in [1.165, 1.54) is 4.90 Å². The summed E-state index contributed by atoms with van der Waals surface area (Å²) in [7, 11) is 1.55. The molecule has 0 aromatic carbocycles. The first-order chi connectivity index (χ1) is 6.70. The monoisotopic (exact) mass is 227 g/mol. The van der Waals surface area contributed by atoms with Gasteiger partial charge in [-0.15, -0.1) is 0 Å². The lowest BCUT2D eigenvalue weighted by Crippen LogP contribution is -2.45. The second kappa shape index (κ2) is 5.20. The Kier molecular flexibility index (Phi) is 4.86. The molecule has 0 aliphatic rings. The maximum Gasteiger partial charge on any atom is 0.400 e. The molecule has 1 unspecified atom stereocenters. The van der Waals surface area contributed by atoms with Crippen LogP contribution in [0.5, 0.6) is 0 Å². The lowest BCUT2D eigenvalue weighted by atomic mass is 10.1. The van der Waals surface area contributed by atoms with Crippen LogP contribution >= 0.6 is 0 Å². The predicted octanol–water partition coefficient (Wildman–Crippen LogP) is 1.25. The van der Waals surface area contributed by atoms with E-state index in [2.05, 4.69) is 5.16 Å². The minimum Gasteiger partial charge on any atom is -0.409 e. The lowest BCUT2D eigenvalue weighted by molar-refractivity contribution is -0.160. The van der Waals surface area contributed by atoms with Gasteiger partial charge in [0.25, 0.3) is 0 Å². The molecular formula is C8H16F3N3O. The summed E-state index contributed by atoms with van der Waals surface area (Å²) in [5.41, 5.74) is 5.01. The highest BCUT2D eigenvalue weighted by atomic mass is 19.4. The molecule has 0 rings (SSSR count). The molecule has 0 aromatic heterocycles. The predicted molar refractivity (Wildman–Crippen MR) is 50.7 cm³/mol. The summed E-state index contributed by atoms with van der Waals surface area (Å²) in [5, 5.41) is 10.7. The molecular weight excluding hydrogens is 211 g/mol. The van der Waals surface area contributed by atoms with E-state index in [0.29, 0.717) is 0 Å². The maximum absolute atomic E-state index is 12.5. The molecule has 0 aliphatic carbocycles. The first-order valence-corrected chi connectivity index (χ1v) is 4.44. The van der Waals surface area contributed by atoms with Crippen molar-refractivity contribution in [2.24, 2.45) is 16.8 Å². The Hall–Kier alpha value is -0.980. The normalized spacial score (nSPS) is 16.1. The molecule has 0 saturated heterocycles. The number of amidine groups is 1. The van der Waals surface area contributed by atoms with Gasteiger partial charge >= 0.3 is 6.18 Å². The van der Waals surface area contributed by atoms with Gasteiger partial charge in [-0.05, 0) is 20.9 Å². The molecule has 0 amide bonds. The largest absolute Gasteiger partial charge is 0.409 e. The van der Waals surface area contributed by atoms with Crippen molar-refractivity contribution in [2.45, 2.75) is 26.1 Å². The summed E-state index contributed by atoms with van der Waals surface area (Å²) in [6, 6.07) is -0.0404. The molecule has 1 atom stereocenters. The van der Waals surface area contributed by atoms with Crippen LogP contribution in [0.15, 0.2) is 5.16 Å². The Labute approximate surface area is 86.5 Å². The van der Waals surface area contributed by atoms with Gasteiger partial charge in [0.05, 0.1) is 0 Å². The minimum atomic E-state index is -4.50. The summed E-state index contributed by atoms with van der Waals surface area (Å²) in [6.07, 6.45) is -4.50. The smallest absolute Gasteiger partial charge is 0.400 e. The number of nitrogens with two attached hydrogens (primary N) is 1. The van der Waals surface area contributed by atoms with E-state index in [-0.39, 0.29) is 12.6 Å². The Bertz CT molecular complexity index is 228. The van der Waals surface area contributed by atoms with Crippen LogP contribution in [0.3, 0.4) is 0 Å². The molecule has 0 aromatic rings. The molecule has 90 valence electrons. The van der Waals surface area contributed by atoms with Gasteiger partial charge in [0.15, 0.2) is 5.84 Å². The van der Waals surface area contributed by atoms with E-state index in [1.807, 2.05) is 0 Å². The highest BCUT2D eigenvalue weighted by molar-refractivity contribution is 5.83. The van der Waals surface area contributed by atoms with Crippen molar-refractivity contribution >= 4 is 5.84 Å². The molecule has 7 heteroatoms. The topological polar surface area (TPSA) is 61.8 Å². The van der Waals surface area contributed by atoms with Gasteiger partial charge in [0.1, 0.15) is 5.92 Å². The van der Waals surface area contributed by atoms with Crippen LogP contribution in [0, 0.1) is 5.92 Å². The standard InChI is InChI=1S/C8H16F3N3O/c1-5(2)14(3)4-6(7(12)13-15)8(9,10)11/h5-6,15H,4H2,1-3H3,(H2,12,13). The van der Waals surface area contributed by atoms with Crippen molar-refractivity contribution in [1.29, 1.82) is 0 Å². The Morgan fingerprint density at radius 3 is 2.20 bits per heavy atom. The first kappa shape index (κ1) is 14.0. The van der Waals surface area contributed by atoms with Crippen LogP contribution in [0.2, 0.25) is 0 Å². The van der Waals surface area contributed by atoms with E-state index in [9.17, 15) is 13.2 Å². The third kappa shape index (κ3) is 4.37. The van der Waals surface area contributed by atoms with Gasteiger partial charge in [-0.25, -0.2) is 0 Å². The van der Waals surface area contributed by atoms with Crippen molar-refractivity contribution in [1.82, 2.24) is 4.90 Å². The van der Waals surface area contributed by atoms with Crippen LogP contribution in [0.4, 0.5) is 13.2 Å². The van der Waals surface area contributed by atoms with Crippen LogP contribution in [-0.4, -0.2) is 41.8 Å². The molecule has 4 nitrogen and oxygen atoms in total. The molecule has 0 bridgehead atoms. The van der Waals surface area contributed by atoms with Crippen molar-refractivity contribution in [3.8, 4) is 0 Å². The number of hydrogen-bond acceptors (Lipinski definition) is 3. The van der Waals surface area contributed by atoms with Crippen molar-refractivity contribution < 1.29 is 18.4 Å². The van der Waals surface area contributed by atoms with Crippen LogP contribution in [-0.2, 0) is 0 Å². The zero-order chi connectivity index (χ0) is 12.2. The van der Waals surface area contributed by atoms with Gasteiger partial charge in [-0.2, -0.15) is 13.2 Å². The quantitative estimate of drug-likeness (QED) is 0.329. The molecule has 0 fully saturated rings. The SMILES string of the molecule is CC(C)N(C)CC(C(N)=NO)C(F)(F)F. The van der Waals surface area contributed by atoms with E-state index in [1.54, 1.807) is 20.9 Å². The van der Waals surface area contributed by atoms with Crippen LogP contribution in [0.25, 0.3) is 0 Å². The highest BCUT2D eigenvalue weighted by Crippen LogP contribution is 2.27. The molecule has 0 heterocycles. The van der Waals surface area contributed by atoms with Crippen LogP contribution in [0.1, 0.15) is 13.8 Å². The number of alkyl halides is 3. The molecule has 0 radical (unpaired) electrons. The fourth-order valence-electron chi connectivity index (χ4n) is 0.933. The third-order valence-electron chi connectivity index (χ3n) is 2.22. The second-order valence-corrected chi connectivity index (χ2v) is 3.65. The van der Waals surface area contributed by atoms with Gasteiger partial charge < -0.3 is 15.8 Å². The van der Waals surface area contributed by atoms with Gasteiger partial charge in [-0.3, -0.25) is 0 Å². The Morgan fingerprint density at radius 2 is 1.93 bits per heavy atom. The Balaban J connectivity index is 4.68. The third-order valence-corrected chi connectivity index (χ3v) is 2.22. The molecule has 0 spiro atoms. The lowest BCUT2D eigenvalue weighted by Gasteiger charge is -2.27. The average molecular weight is 227 g/mol. The molecule has 3 N–H and O–H groups in total.